The fourth-order valence-corrected chi connectivity index (χ4v) is 5.21. The highest BCUT2D eigenvalue weighted by molar-refractivity contribution is 7.89. The second-order valence-electron chi connectivity index (χ2n) is 7.60. The molecule has 4 rings (SSSR count). The molecule has 1 amide bonds. The van der Waals surface area contributed by atoms with Crippen molar-refractivity contribution in [3.05, 3.63) is 70.1 Å². The van der Waals surface area contributed by atoms with Gasteiger partial charge in [-0.25, -0.2) is 8.42 Å². The van der Waals surface area contributed by atoms with Gasteiger partial charge < -0.3 is 9.73 Å². The SMILES string of the molecule is CCc1ccc2oc(C(=O)Nc3ccc(S(=O)(=O)N4CCCCC4)cc3)cc(=O)c2c1. The number of benzene rings is 2. The van der Waals surface area contributed by atoms with Crippen molar-refractivity contribution in [2.75, 3.05) is 18.4 Å². The second-order valence-corrected chi connectivity index (χ2v) is 9.54. The van der Waals surface area contributed by atoms with Crippen LogP contribution in [0.2, 0.25) is 0 Å². The van der Waals surface area contributed by atoms with Crippen molar-refractivity contribution in [3.8, 4) is 0 Å². The molecular weight excluding hydrogens is 416 g/mol. The van der Waals surface area contributed by atoms with Gasteiger partial charge in [-0.1, -0.05) is 19.4 Å². The van der Waals surface area contributed by atoms with Crippen LogP contribution in [0, 0.1) is 0 Å². The molecule has 0 saturated carbocycles. The van der Waals surface area contributed by atoms with E-state index < -0.39 is 15.9 Å². The first-order valence-corrected chi connectivity index (χ1v) is 11.8. The molecule has 0 aliphatic carbocycles. The number of aryl methyl sites for hydroxylation is 1. The summed E-state index contributed by atoms with van der Waals surface area (Å²) < 4.78 is 32.6. The lowest BCUT2D eigenvalue weighted by Crippen LogP contribution is -2.35. The Balaban J connectivity index is 1.53. The van der Waals surface area contributed by atoms with Crippen molar-refractivity contribution in [1.82, 2.24) is 4.31 Å². The summed E-state index contributed by atoms with van der Waals surface area (Å²) in [5.74, 6) is -0.683. The van der Waals surface area contributed by atoms with E-state index in [1.165, 1.54) is 34.6 Å². The Hall–Kier alpha value is -2.97. The first kappa shape index (κ1) is 21.3. The van der Waals surface area contributed by atoms with Crippen molar-refractivity contribution < 1.29 is 17.6 Å². The Labute approximate surface area is 180 Å². The topological polar surface area (TPSA) is 96.7 Å². The third-order valence-electron chi connectivity index (χ3n) is 5.49. The average molecular weight is 441 g/mol. The molecule has 7 nitrogen and oxygen atoms in total. The molecule has 3 aromatic rings. The van der Waals surface area contributed by atoms with Gasteiger partial charge in [-0.05, 0) is 61.2 Å². The zero-order valence-corrected chi connectivity index (χ0v) is 18.1. The number of sulfonamides is 1. The highest BCUT2D eigenvalue weighted by Crippen LogP contribution is 2.22. The molecule has 0 bridgehead atoms. The number of carbonyl (C=O) groups is 1. The Bertz CT molecular complexity index is 1270. The smallest absolute Gasteiger partial charge is 0.291 e. The van der Waals surface area contributed by atoms with Gasteiger partial charge in [0.25, 0.3) is 5.91 Å². The van der Waals surface area contributed by atoms with E-state index in [-0.39, 0.29) is 16.1 Å². The summed E-state index contributed by atoms with van der Waals surface area (Å²) in [7, 11) is -3.53. The highest BCUT2D eigenvalue weighted by Gasteiger charge is 2.25. The highest BCUT2D eigenvalue weighted by atomic mass is 32.2. The first-order valence-electron chi connectivity index (χ1n) is 10.4. The van der Waals surface area contributed by atoms with Gasteiger partial charge in [0.15, 0.2) is 11.2 Å². The lowest BCUT2D eigenvalue weighted by Gasteiger charge is -2.25. The molecule has 31 heavy (non-hydrogen) atoms. The summed E-state index contributed by atoms with van der Waals surface area (Å²) in [6.45, 7) is 3.05. The van der Waals surface area contributed by atoms with Gasteiger partial charge in [-0.3, -0.25) is 9.59 Å². The zero-order valence-electron chi connectivity index (χ0n) is 17.3. The summed E-state index contributed by atoms with van der Waals surface area (Å²) in [5.41, 5.74) is 1.48. The normalized spacial score (nSPS) is 15.1. The fraction of sp³-hybridized carbons (Fsp3) is 0.304. The number of fused-ring (bicyclic) bond motifs is 1. The minimum atomic E-state index is -3.53. The molecule has 1 fully saturated rings. The van der Waals surface area contributed by atoms with E-state index in [4.69, 9.17) is 4.42 Å². The number of anilines is 1. The molecule has 0 spiro atoms. The maximum atomic E-state index is 12.7. The van der Waals surface area contributed by atoms with Gasteiger partial charge in [0.1, 0.15) is 5.58 Å². The summed E-state index contributed by atoms with van der Waals surface area (Å²) in [6, 6.07) is 12.5. The van der Waals surface area contributed by atoms with E-state index in [9.17, 15) is 18.0 Å². The van der Waals surface area contributed by atoms with Crippen LogP contribution in [0.25, 0.3) is 11.0 Å². The van der Waals surface area contributed by atoms with Crippen molar-refractivity contribution in [1.29, 1.82) is 0 Å². The summed E-state index contributed by atoms with van der Waals surface area (Å²) in [6.07, 6.45) is 3.57. The van der Waals surface area contributed by atoms with Gasteiger partial charge in [-0.2, -0.15) is 4.31 Å². The molecule has 0 radical (unpaired) electrons. The largest absolute Gasteiger partial charge is 0.451 e. The number of nitrogens with zero attached hydrogens (tertiary/aromatic N) is 1. The molecule has 8 heteroatoms. The van der Waals surface area contributed by atoms with Crippen LogP contribution < -0.4 is 10.7 Å². The number of carbonyl (C=O) groups excluding carboxylic acids is 1. The molecule has 1 aliphatic rings. The standard InChI is InChI=1S/C23H24N2O5S/c1-2-16-6-11-21-19(14-16)20(26)15-22(30-21)23(27)24-17-7-9-18(10-8-17)31(28,29)25-12-4-3-5-13-25/h6-11,14-15H,2-5,12-13H2,1H3,(H,24,27). The maximum absolute atomic E-state index is 12.7. The predicted octanol–water partition coefficient (Wildman–Crippen LogP) is 3.78. The Morgan fingerprint density at radius 1 is 1.03 bits per heavy atom. The summed E-state index contributed by atoms with van der Waals surface area (Å²) in [5, 5.41) is 3.08. The molecule has 162 valence electrons. The van der Waals surface area contributed by atoms with Gasteiger partial charge in [0.05, 0.1) is 10.3 Å². The van der Waals surface area contributed by atoms with Crippen LogP contribution in [-0.2, 0) is 16.4 Å². The molecule has 1 aliphatic heterocycles. The number of hydrogen-bond donors (Lipinski definition) is 1. The van der Waals surface area contributed by atoms with Crippen LogP contribution >= 0.6 is 0 Å². The monoisotopic (exact) mass is 440 g/mol. The van der Waals surface area contributed by atoms with Crippen molar-refractivity contribution in [3.63, 3.8) is 0 Å². The van der Waals surface area contributed by atoms with Crippen molar-refractivity contribution >= 4 is 32.6 Å². The fourth-order valence-electron chi connectivity index (χ4n) is 3.69. The van der Waals surface area contributed by atoms with Crippen molar-refractivity contribution in [2.24, 2.45) is 0 Å². The van der Waals surface area contributed by atoms with Crippen molar-refractivity contribution in [2.45, 2.75) is 37.5 Å². The second kappa shape index (κ2) is 8.64. The first-order chi connectivity index (χ1) is 14.9. The summed E-state index contributed by atoms with van der Waals surface area (Å²) >= 11 is 0. The Kier molecular flexibility index (Phi) is 5.93. The van der Waals surface area contributed by atoms with Crippen LogP contribution in [0.5, 0.6) is 0 Å². The Morgan fingerprint density at radius 2 is 1.74 bits per heavy atom. The van der Waals surface area contributed by atoms with E-state index in [2.05, 4.69) is 5.32 Å². The number of rotatable bonds is 5. The van der Waals surface area contributed by atoms with Gasteiger partial charge in [0, 0.05) is 24.8 Å². The summed E-state index contributed by atoms with van der Waals surface area (Å²) in [4.78, 5) is 25.2. The predicted molar refractivity (Wildman–Crippen MR) is 119 cm³/mol. The van der Waals surface area contributed by atoms with Gasteiger partial charge in [-0.15, -0.1) is 0 Å². The van der Waals surface area contributed by atoms with Crippen LogP contribution in [-0.4, -0.2) is 31.7 Å². The quantitative estimate of drug-likeness (QED) is 0.651. The zero-order chi connectivity index (χ0) is 22.0. The number of hydrogen-bond acceptors (Lipinski definition) is 5. The van der Waals surface area contributed by atoms with Gasteiger partial charge in [0.2, 0.25) is 10.0 Å². The molecule has 0 unspecified atom stereocenters. The van der Waals surface area contributed by atoms with E-state index in [0.717, 1.165) is 31.2 Å². The van der Waals surface area contributed by atoms with Gasteiger partial charge >= 0.3 is 0 Å². The van der Waals surface area contributed by atoms with Crippen LogP contribution in [0.3, 0.4) is 0 Å². The lowest BCUT2D eigenvalue weighted by molar-refractivity contribution is 0.0997. The van der Waals surface area contributed by atoms with E-state index in [0.29, 0.717) is 29.7 Å². The Morgan fingerprint density at radius 3 is 2.42 bits per heavy atom. The lowest BCUT2D eigenvalue weighted by atomic mass is 10.1. The van der Waals surface area contributed by atoms with E-state index in [1.807, 2.05) is 13.0 Å². The minimum Gasteiger partial charge on any atom is -0.451 e. The maximum Gasteiger partial charge on any atom is 0.291 e. The van der Waals surface area contributed by atoms with Crippen LogP contribution in [0.15, 0.2) is 62.6 Å². The van der Waals surface area contributed by atoms with E-state index in [1.54, 1.807) is 12.1 Å². The van der Waals surface area contributed by atoms with Crippen LogP contribution in [0.1, 0.15) is 42.3 Å². The average Bonchev–Trinajstić information content (AvgIpc) is 2.79. The molecule has 2 heterocycles. The minimum absolute atomic E-state index is 0.105. The van der Waals surface area contributed by atoms with E-state index >= 15 is 0 Å². The molecule has 1 saturated heterocycles. The molecule has 0 atom stereocenters. The molecular formula is C23H24N2O5S. The third-order valence-corrected chi connectivity index (χ3v) is 7.40. The third kappa shape index (κ3) is 4.40. The molecule has 1 N–H and O–H groups in total. The number of amides is 1. The number of piperidine rings is 1. The number of nitrogens with one attached hydrogen (secondary N) is 1. The molecule has 2 aromatic carbocycles. The molecule has 1 aromatic heterocycles. The van der Waals surface area contributed by atoms with Crippen LogP contribution in [0.4, 0.5) is 5.69 Å².